The summed E-state index contributed by atoms with van der Waals surface area (Å²) < 4.78 is 113. The average Bonchev–Trinajstić information content (AvgIpc) is 2.80. The van der Waals surface area contributed by atoms with Crippen molar-refractivity contribution in [1.29, 1.82) is 0 Å². The maximum absolute atomic E-state index is 14.1. The molecule has 1 aliphatic rings. The monoisotopic (exact) mass is 538 g/mol. The Hall–Kier alpha value is -2.64. The molecule has 1 N–H and O–H groups in total. The number of amides is 1. The number of carbonyl (C=O) groups excluding carboxylic acids is 1. The summed E-state index contributed by atoms with van der Waals surface area (Å²) in [6.45, 7) is -0.164. The Bertz CT molecular complexity index is 1140. The van der Waals surface area contributed by atoms with E-state index in [1.54, 1.807) is 0 Å². The van der Waals surface area contributed by atoms with Crippen LogP contribution in [-0.4, -0.2) is 63.6 Å². The van der Waals surface area contributed by atoms with Gasteiger partial charge in [0.05, 0.1) is 30.3 Å². The van der Waals surface area contributed by atoms with Gasteiger partial charge in [-0.3, -0.25) is 9.69 Å². The van der Waals surface area contributed by atoms with Crippen LogP contribution in [0.3, 0.4) is 0 Å². The minimum absolute atomic E-state index is 0.00848. The third-order valence-electron chi connectivity index (χ3n) is 5.92. The van der Waals surface area contributed by atoms with Gasteiger partial charge in [-0.05, 0) is 35.4 Å². The minimum Gasteiger partial charge on any atom is -0.379 e. The molecule has 0 atom stereocenters. The van der Waals surface area contributed by atoms with Gasteiger partial charge in [0.25, 0.3) is 0 Å². The molecule has 3 rings (SSSR count). The van der Waals surface area contributed by atoms with Crippen molar-refractivity contribution in [2.75, 3.05) is 37.4 Å². The van der Waals surface area contributed by atoms with Crippen LogP contribution in [0.15, 0.2) is 53.4 Å². The summed E-state index contributed by atoms with van der Waals surface area (Å²) in [5, 5.41) is 2.43. The Morgan fingerprint density at radius 1 is 0.917 bits per heavy atom. The van der Waals surface area contributed by atoms with Gasteiger partial charge in [0.1, 0.15) is 0 Å². The Balaban J connectivity index is 1.81. The number of carbonyl (C=O) groups is 1. The zero-order valence-corrected chi connectivity index (χ0v) is 19.9. The largest absolute Gasteiger partial charge is 0.420 e. The second-order valence-electron chi connectivity index (χ2n) is 8.16. The fraction of sp³-hybridized carbons (Fsp3) is 0.435. The van der Waals surface area contributed by atoms with Crippen LogP contribution < -0.4 is 5.32 Å². The number of halogens is 6. The molecule has 1 fully saturated rings. The van der Waals surface area contributed by atoms with Gasteiger partial charge in [-0.25, -0.2) is 8.42 Å². The molecule has 198 valence electrons. The van der Waals surface area contributed by atoms with Crippen molar-refractivity contribution in [3.63, 3.8) is 0 Å². The van der Waals surface area contributed by atoms with Crippen molar-refractivity contribution in [1.82, 2.24) is 4.90 Å². The number of alkyl halides is 6. The first kappa shape index (κ1) is 27.9. The number of ether oxygens (including phenoxy) is 1. The van der Waals surface area contributed by atoms with Crippen LogP contribution in [0, 0.1) is 0 Å². The van der Waals surface area contributed by atoms with E-state index in [0.717, 1.165) is 12.1 Å². The summed E-state index contributed by atoms with van der Waals surface area (Å²) in [5.74, 6) is -0.668. The summed E-state index contributed by atoms with van der Waals surface area (Å²) in [6, 6.07) is 9.00. The van der Waals surface area contributed by atoms with E-state index in [4.69, 9.17) is 4.74 Å². The Labute approximate surface area is 204 Å². The predicted octanol–water partition coefficient (Wildman–Crippen LogP) is 4.31. The van der Waals surface area contributed by atoms with Gasteiger partial charge in [-0.15, -0.1) is 0 Å². The van der Waals surface area contributed by atoms with Gasteiger partial charge in [0.15, 0.2) is 9.84 Å². The van der Waals surface area contributed by atoms with Crippen molar-refractivity contribution >= 4 is 21.4 Å². The lowest BCUT2D eigenvalue weighted by atomic mass is 9.85. The van der Waals surface area contributed by atoms with Crippen LogP contribution in [0.5, 0.6) is 0 Å². The third kappa shape index (κ3) is 5.52. The Morgan fingerprint density at radius 2 is 1.44 bits per heavy atom. The molecule has 0 spiro atoms. The molecule has 13 heteroatoms. The molecule has 1 amide bonds. The van der Waals surface area contributed by atoms with E-state index in [-0.39, 0.29) is 36.0 Å². The number of hydrogen-bond acceptors (Lipinski definition) is 5. The van der Waals surface area contributed by atoms with Crippen LogP contribution in [0.1, 0.15) is 18.1 Å². The minimum atomic E-state index is -5.68. The molecule has 0 saturated carbocycles. The summed E-state index contributed by atoms with van der Waals surface area (Å²) in [7, 11) is -3.41. The SMILES string of the molecule is CCS(=O)(=O)c1ccc(CC(=O)Nc2ccc(C(N3CCOCC3)(C(F)(F)F)C(F)(F)F)cc2)cc1. The maximum Gasteiger partial charge on any atom is 0.420 e. The number of hydrogen-bond donors (Lipinski definition) is 1. The fourth-order valence-electron chi connectivity index (χ4n) is 4.09. The highest BCUT2D eigenvalue weighted by Gasteiger charge is 2.74. The van der Waals surface area contributed by atoms with Gasteiger partial charge < -0.3 is 10.1 Å². The quantitative estimate of drug-likeness (QED) is 0.532. The molecular formula is C23H24F6N2O4S. The van der Waals surface area contributed by atoms with Gasteiger partial charge in [-0.2, -0.15) is 26.3 Å². The first-order valence-corrected chi connectivity index (χ1v) is 12.6. The molecule has 6 nitrogen and oxygen atoms in total. The molecule has 0 bridgehead atoms. The van der Waals surface area contributed by atoms with Crippen LogP contribution in [0.2, 0.25) is 0 Å². The van der Waals surface area contributed by atoms with Crippen molar-refractivity contribution < 1.29 is 44.3 Å². The highest BCUT2D eigenvalue weighted by molar-refractivity contribution is 7.91. The molecule has 2 aromatic carbocycles. The van der Waals surface area contributed by atoms with Crippen molar-refractivity contribution in [2.24, 2.45) is 0 Å². The van der Waals surface area contributed by atoms with Crippen molar-refractivity contribution in [3.8, 4) is 0 Å². The molecule has 36 heavy (non-hydrogen) atoms. The number of morpholine rings is 1. The van der Waals surface area contributed by atoms with Crippen LogP contribution in [0.25, 0.3) is 0 Å². The number of nitrogens with zero attached hydrogens (tertiary/aromatic N) is 1. The molecule has 1 heterocycles. The number of benzene rings is 2. The molecule has 0 unspecified atom stereocenters. The van der Waals surface area contributed by atoms with E-state index in [2.05, 4.69) is 5.32 Å². The van der Waals surface area contributed by atoms with Crippen molar-refractivity contribution in [3.05, 3.63) is 59.7 Å². The number of sulfone groups is 1. The van der Waals surface area contributed by atoms with E-state index in [1.807, 2.05) is 0 Å². The standard InChI is InChI=1S/C23H24F6N2O4S/c1-2-36(33,34)19-9-3-16(4-10-19)15-20(32)30-18-7-5-17(6-8-18)21(22(24,25)26,23(27,28)29)31-11-13-35-14-12-31/h3-10H,2,11-15H2,1H3,(H,30,32). The first-order chi connectivity index (χ1) is 16.7. The van der Waals surface area contributed by atoms with Gasteiger partial charge in [0, 0.05) is 18.8 Å². The molecule has 1 aliphatic heterocycles. The van der Waals surface area contributed by atoms with Crippen LogP contribution >= 0.6 is 0 Å². The molecule has 1 saturated heterocycles. The zero-order valence-electron chi connectivity index (χ0n) is 19.1. The molecular weight excluding hydrogens is 514 g/mol. The van der Waals surface area contributed by atoms with E-state index < -0.39 is 52.3 Å². The predicted molar refractivity (Wildman–Crippen MR) is 119 cm³/mol. The lowest BCUT2D eigenvalue weighted by molar-refractivity contribution is -0.353. The number of rotatable bonds is 7. The first-order valence-electron chi connectivity index (χ1n) is 10.9. The smallest absolute Gasteiger partial charge is 0.379 e. The van der Waals surface area contributed by atoms with E-state index in [1.165, 1.54) is 31.2 Å². The maximum atomic E-state index is 14.1. The Kier molecular flexibility index (Phi) is 8.06. The third-order valence-corrected chi connectivity index (χ3v) is 7.67. The van der Waals surface area contributed by atoms with Gasteiger partial charge in [0.2, 0.25) is 11.4 Å². The van der Waals surface area contributed by atoms with Crippen LogP contribution in [0.4, 0.5) is 32.0 Å². The molecule has 2 aromatic rings. The van der Waals surface area contributed by atoms with E-state index >= 15 is 0 Å². The van der Waals surface area contributed by atoms with E-state index in [0.29, 0.717) is 22.6 Å². The zero-order chi connectivity index (χ0) is 26.8. The number of anilines is 1. The van der Waals surface area contributed by atoms with Crippen molar-refractivity contribution in [2.45, 2.75) is 36.1 Å². The second-order valence-corrected chi connectivity index (χ2v) is 10.4. The number of nitrogens with one attached hydrogen (secondary N) is 1. The fourth-order valence-corrected chi connectivity index (χ4v) is 4.98. The van der Waals surface area contributed by atoms with E-state index in [9.17, 15) is 39.6 Å². The molecule has 0 aromatic heterocycles. The average molecular weight is 539 g/mol. The lowest BCUT2D eigenvalue weighted by Crippen LogP contribution is -2.66. The topological polar surface area (TPSA) is 75.7 Å². The summed E-state index contributed by atoms with van der Waals surface area (Å²) in [5.41, 5.74) is -4.77. The summed E-state index contributed by atoms with van der Waals surface area (Å²) in [4.78, 5) is 12.8. The summed E-state index contributed by atoms with van der Waals surface area (Å²) in [6.07, 6.45) is -11.5. The van der Waals surface area contributed by atoms with Gasteiger partial charge >= 0.3 is 12.4 Å². The molecule has 0 radical (unpaired) electrons. The highest BCUT2D eigenvalue weighted by atomic mass is 32.2. The summed E-state index contributed by atoms with van der Waals surface area (Å²) >= 11 is 0. The lowest BCUT2D eigenvalue weighted by Gasteiger charge is -2.47. The van der Waals surface area contributed by atoms with Gasteiger partial charge in [-0.1, -0.05) is 31.2 Å². The molecule has 0 aliphatic carbocycles. The Morgan fingerprint density at radius 3 is 1.92 bits per heavy atom. The second kappa shape index (κ2) is 10.4. The normalized spacial score (nSPS) is 16.1. The highest BCUT2D eigenvalue weighted by Crippen LogP contribution is 2.54. The van der Waals surface area contributed by atoms with Crippen LogP contribution in [-0.2, 0) is 31.3 Å².